The van der Waals surface area contributed by atoms with Crippen LogP contribution in [0.4, 0.5) is 0 Å². The number of aliphatic carboxylic acids is 1. The van der Waals surface area contributed by atoms with E-state index >= 15 is 0 Å². The van der Waals surface area contributed by atoms with Gasteiger partial charge in [-0.2, -0.15) is 8.42 Å². The highest BCUT2D eigenvalue weighted by Gasteiger charge is 2.12. The minimum absolute atomic E-state index is 0.0269. The number of nitrogens with zero attached hydrogens (tertiary/aromatic N) is 1. The lowest BCUT2D eigenvalue weighted by atomic mass is 9.97. The first-order valence-electron chi connectivity index (χ1n) is 15.1. The summed E-state index contributed by atoms with van der Waals surface area (Å²) in [6.07, 6.45) is 6.11. The first-order chi connectivity index (χ1) is 21.5. The molecule has 8 heteroatoms. The Labute approximate surface area is 261 Å². The van der Waals surface area contributed by atoms with Crippen molar-refractivity contribution in [1.82, 2.24) is 4.98 Å². The quantitative estimate of drug-likeness (QED) is 0.0918. The molecule has 4 aromatic rings. The number of benzene rings is 3. The Balaban J connectivity index is 1.29. The largest absolute Gasteiger partial charge is 0.493 e. The molecule has 0 atom stereocenters. The highest BCUT2D eigenvalue weighted by molar-refractivity contribution is 7.71. The molecule has 0 aliphatic rings. The van der Waals surface area contributed by atoms with Gasteiger partial charge >= 0.3 is 5.97 Å². The second-order valence-corrected chi connectivity index (χ2v) is 11.4. The number of ether oxygens (including phenoxy) is 2. The van der Waals surface area contributed by atoms with Crippen LogP contribution in [0, 0.1) is 0 Å². The van der Waals surface area contributed by atoms with Crippen LogP contribution in [0.3, 0.4) is 0 Å². The second kappa shape index (κ2) is 17.6. The lowest BCUT2D eigenvalue weighted by Crippen LogP contribution is -2.06. The van der Waals surface area contributed by atoms with E-state index in [4.69, 9.17) is 14.5 Å². The van der Waals surface area contributed by atoms with Crippen molar-refractivity contribution in [2.24, 2.45) is 0 Å². The first kappa shape index (κ1) is 32.5. The summed E-state index contributed by atoms with van der Waals surface area (Å²) in [7, 11) is -2.17. The Morgan fingerprint density at radius 3 is 2.16 bits per heavy atom. The molecule has 0 saturated carbocycles. The highest BCUT2D eigenvalue weighted by Crippen LogP contribution is 2.29. The number of hydrogen-bond donors (Lipinski definition) is 1. The van der Waals surface area contributed by atoms with Gasteiger partial charge < -0.3 is 14.6 Å². The van der Waals surface area contributed by atoms with E-state index in [2.05, 4.69) is 30.3 Å². The van der Waals surface area contributed by atoms with Crippen LogP contribution in [-0.2, 0) is 27.9 Å². The molecular weight excluding hydrogens is 574 g/mol. The summed E-state index contributed by atoms with van der Waals surface area (Å²) < 4.78 is 33.4. The fraction of sp³-hybridized carbons (Fsp3) is 0.306. The van der Waals surface area contributed by atoms with Crippen LogP contribution >= 0.6 is 0 Å². The third kappa shape index (κ3) is 10.7. The lowest BCUT2D eigenvalue weighted by Gasteiger charge is -2.15. The zero-order valence-electron chi connectivity index (χ0n) is 24.9. The van der Waals surface area contributed by atoms with Gasteiger partial charge in [0.1, 0.15) is 5.75 Å². The van der Waals surface area contributed by atoms with Gasteiger partial charge in [-0.05, 0) is 72.9 Å². The number of carboxylic acids is 1. The van der Waals surface area contributed by atoms with E-state index in [9.17, 15) is 18.3 Å². The number of rotatable bonds is 18. The highest BCUT2D eigenvalue weighted by atomic mass is 32.2. The number of aromatic nitrogens is 1. The van der Waals surface area contributed by atoms with Gasteiger partial charge in [0.25, 0.3) is 0 Å². The Bertz CT molecular complexity index is 1560. The summed E-state index contributed by atoms with van der Waals surface area (Å²) in [6, 6.07) is 30.3. The van der Waals surface area contributed by atoms with E-state index in [0.29, 0.717) is 44.1 Å². The molecule has 1 N–H and O–H groups in total. The summed E-state index contributed by atoms with van der Waals surface area (Å²) in [5.74, 6) is 0.447. The molecule has 0 fully saturated rings. The molecule has 230 valence electrons. The maximum atomic E-state index is 11.3. The number of pyridine rings is 1. The molecule has 0 saturated heterocycles. The van der Waals surface area contributed by atoms with Gasteiger partial charge in [-0.3, -0.25) is 4.79 Å². The molecule has 3 aromatic carbocycles. The molecule has 4 rings (SSSR count). The topological polar surface area (TPSA) is 103 Å². The maximum Gasteiger partial charge on any atom is 0.303 e. The van der Waals surface area contributed by atoms with Gasteiger partial charge in [0.15, 0.2) is 0 Å². The van der Waals surface area contributed by atoms with Crippen molar-refractivity contribution in [3.8, 4) is 34.0 Å². The predicted octanol–water partition coefficient (Wildman–Crippen LogP) is 7.46. The molecule has 7 nitrogen and oxygen atoms in total. The number of hydrogen-bond acceptors (Lipinski definition) is 6. The van der Waals surface area contributed by atoms with Crippen LogP contribution in [-0.4, -0.2) is 43.1 Å². The van der Waals surface area contributed by atoms with Crippen molar-refractivity contribution < 1.29 is 27.8 Å². The fourth-order valence-corrected chi connectivity index (χ4v) is 5.38. The monoisotopic (exact) mass is 613 g/mol. The van der Waals surface area contributed by atoms with Crippen LogP contribution in [0.5, 0.6) is 11.6 Å². The molecule has 44 heavy (non-hydrogen) atoms. The van der Waals surface area contributed by atoms with Crippen LogP contribution in [0.15, 0.2) is 91.0 Å². The predicted molar refractivity (Wildman–Crippen MR) is 175 cm³/mol. The number of aryl methyl sites for hydroxylation is 1. The summed E-state index contributed by atoms with van der Waals surface area (Å²) in [4.78, 5) is 16.1. The zero-order valence-corrected chi connectivity index (χ0v) is 25.7. The minimum Gasteiger partial charge on any atom is -0.493 e. The molecule has 0 bridgehead atoms. The van der Waals surface area contributed by atoms with Crippen LogP contribution < -0.4 is 9.47 Å². The molecule has 1 aromatic heterocycles. The van der Waals surface area contributed by atoms with Crippen LogP contribution in [0.2, 0.25) is 0 Å². The van der Waals surface area contributed by atoms with E-state index in [1.807, 2.05) is 60.7 Å². The van der Waals surface area contributed by atoms with Crippen molar-refractivity contribution in [3.63, 3.8) is 0 Å². The SMILES string of the molecule is O=C(O)CCc1c(CCCCCCOc2cc(-c3ccccc3)cc(-c3ccccc3)n2)cccc1OCCCC=S(=O)=O. The summed E-state index contributed by atoms with van der Waals surface area (Å²) in [6.45, 7) is 0.942. The van der Waals surface area contributed by atoms with E-state index in [1.165, 1.54) is 5.37 Å². The van der Waals surface area contributed by atoms with E-state index in [0.717, 1.165) is 65.6 Å². The summed E-state index contributed by atoms with van der Waals surface area (Å²) in [5, 5.41) is 10.5. The van der Waals surface area contributed by atoms with Gasteiger partial charge in [0.2, 0.25) is 16.2 Å². The third-order valence-electron chi connectivity index (χ3n) is 7.25. The van der Waals surface area contributed by atoms with Gasteiger partial charge in [-0.25, -0.2) is 4.98 Å². The Morgan fingerprint density at radius 1 is 0.727 bits per heavy atom. The molecule has 0 aliphatic carbocycles. The standard InChI is InChI=1S/C36H39NO6S/c38-36(39)22-21-32-29(19-13-20-34(32)42-23-11-12-25-44(40)41)16-5-1-2-10-24-43-35-27-31(28-14-6-3-7-15-28)26-33(37-35)30-17-8-4-9-18-30/h3-4,6-9,13-15,17-20,25-27H,1-2,5,10-12,16,21-24H2,(H,38,39). The third-order valence-corrected chi connectivity index (χ3v) is 7.76. The minimum atomic E-state index is -2.17. The number of unbranched alkanes of at least 4 members (excludes halogenated alkanes) is 4. The van der Waals surface area contributed by atoms with E-state index in [-0.39, 0.29) is 6.42 Å². The van der Waals surface area contributed by atoms with E-state index < -0.39 is 16.3 Å². The Morgan fingerprint density at radius 2 is 1.43 bits per heavy atom. The van der Waals surface area contributed by atoms with Crippen molar-refractivity contribution in [1.29, 1.82) is 0 Å². The van der Waals surface area contributed by atoms with Gasteiger partial charge in [-0.1, -0.05) is 85.6 Å². The maximum absolute atomic E-state index is 11.3. The van der Waals surface area contributed by atoms with Crippen LogP contribution in [0.25, 0.3) is 22.4 Å². The van der Waals surface area contributed by atoms with Crippen molar-refractivity contribution in [3.05, 3.63) is 102 Å². The number of carboxylic acid groups (broad SMARTS) is 1. The lowest BCUT2D eigenvalue weighted by molar-refractivity contribution is -0.136. The molecule has 0 amide bonds. The van der Waals surface area contributed by atoms with Gasteiger partial charge in [-0.15, -0.1) is 0 Å². The fourth-order valence-electron chi connectivity index (χ4n) is 5.02. The molecular formula is C36H39NO6S. The normalized spacial score (nSPS) is 10.7. The zero-order chi connectivity index (χ0) is 31.0. The average Bonchev–Trinajstić information content (AvgIpc) is 3.04. The van der Waals surface area contributed by atoms with Crippen LogP contribution in [0.1, 0.15) is 56.1 Å². The van der Waals surface area contributed by atoms with E-state index in [1.54, 1.807) is 0 Å². The molecule has 1 heterocycles. The molecule has 0 unspecified atom stereocenters. The summed E-state index contributed by atoms with van der Waals surface area (Å²) >= 11 is 0. The first-order valence-corrected chi connectivity index (χ1v) is 16.3. The Kier molecular flexibility index (Phi) is 13.0. The molecule has 0 spiro atoms. The summed E-state index contributed by atoms with van der Waals surface area (Å²) in [5.41, 5.74) is 6.13. The Hall–Kier alpha value is -4.43. The van der Waals surface area contributed by atoms with Crippen molar-refractivity contribution in [2.75, 3.05) is 13.2 Å². The molecule has 0 radical (unpaired) electrons. The smallest absolute Gasteiger partial charge is 0.303 e. The second-order valence-electron chi connectivity index (χ2n) is 10.5. The van der Waals surface area contributed by atoms with Crippen molar-refractivity contribution >= 4 is 21.6 Å². The molecule has 0 aliphatic heterocycles. The van der Waals surface area contributed by atoms with Gasteiger partial charge in [0.05, 0.1) is 18.9 Å². The number of carbonyl (C=O) groups is 1. The average molecular weight is 614 g/mol. The van der Waals surface area contributed by atoms with Gasteiger partial charge in [0, 0.05) is 23.4 Å². The van der Waals surface area contributed by atoms with Crippen molar-refractivity contribution in [2.45, 2.75) is 57.8 Å².